The van der Waals surface area contributed by atoms with Crippen LogP contribution in [0.3, 0.4) is 0 Å². The molecule has 2 aliphatic heterocycles. The van der Waals surface area contributed by atoms with Crippen molar-refractivity contribution in [1.82, 2.24) is 20.1 Å². The van der Waals surface area contributed by atoms with E-state index < -0.39 is 11.4 Å². The van der Waals surface area contributed by atoms with Gasteiger partial charge in [-0.15, -0.1) is 0 Å². The lowest BCUT2D eigenvalue weighted by molar-refractivity contribution is -0.137. The molecule has 1 fully saturated rings. The Morgan fingerprint density at radius 3 is 2.74 bits per heavy atom. The molecule has 0 radical (unpaired) electrons. The summed E-state index contributed by atoms with van der Waals surface area (Å²) < 4.78 is 0.778. The number of aromatic amines is 1. The van der Waals surface area contributed by atoms with Crippen molar-refractivity contribution in [2.45, 2.75) is 18.3 Å². The van der Waals surface area contributed by atoms with Crippen molar-refractivity contribution in [2.24, 2.45) is 0 Å². The van der Waals surface area contributed by atoms with Gasteiger partial charge in [0.2, 0.25) is 5.91 Å². The summed E-state index contributed by atoms with van der Waals surface area (Å²) in [5.41, 5.74) is 1.68. The number of hydrogen-bond donors (Lipinski definition) is 2. The van der Waals surface area contributed by atoms with E-state index in [4.69, 9.17) is 0 Å². The molecule has 9 nitrogen and oxygen atoms in total. The lowest BCUT2D eigenvalue weighted by Gasteiger charge is -2.38. The summed E-state index contributed by atoms with van der Waals surface area (Å²) >= 11 is 3.55. The third-order valence-corrected chi connectivity index (χ3v) is 6.81. The maximum Gasteiger partial charge on any atom is 0.323 e. The van der Waals surface area contributed by atoms with E-state index in [0.29, 0.717) is 42.8 Å². The number of aromatic nitrogens is 3. The van der Waals surface area contributed by atoms with Crippen molar-refractivity contribution < 1.29 is 19.5 Å². The first-order chi connectivity index (χ1) is 14.9. The molecule has 0 bridgehead atoms. The van der Waals surface area contributed by atoms with Gasteiger partial charge in [-0.1, -0.05) is 22.0 Å². The Hall–Kier alpha value is -3.27. The van der Waals surface area contributed by atoms with Gasteiger partial charge in [0.25, 0.3) is 5.91 Å². The molecule has 4 heterocycles. The fourth-order valence-electron chi connectivity index (χ4n) is 4.67. The number of fused-ring (bicyclic) bond motifs is 3. The number of rotatable bonds is 3. The van der Waals surface area contributed by atoms with Crippen LogP contribution in [0.25, 0.3) is 11.0 Å². The number of piperidine rings is 1. The zero-order valence-corrected chi connectivity index (χ0v) is 17.9. The molecule has 5 rings (SSSR count). The minimum Gasteiger partial charge on any atom is -0.480 e. The van der Waals surface area contributed by atoms with Gasteiger partial charge in [0, 0.05) is 40.4 Å². The van der Waals surface area contributed by atoms with Crippen molar-refractivity contribution in [3.8, 4) is 0 Å². The maximum absolute atomic E-state index is 13.4. The highest BCUT2D eigenvalue weighted by molar-refractivity contribution is 9.10. The second kappa shape index (κ2) is 7.16. The van der Waals surface area contributed by atoms with E-state index in [0.717, 1.165) is 15.4 Å². The molecule has 158 valence electrons. The topological polar surface area (TPSA) is 119 Å². The van der Waals surface area contributed by atoms with Crippen molar-refractivity contribution in [3.05, 3.63) is 52.3 Å². The van der Waals surface area contributed by atoms with Crippen molar-refractivity contribution in [1.29, 1.82) is 0 Å². The highest BCUT2D eigenvalue weighted by Gasteiger charge is 2.53. The minimum atomic E-state index is -1.06. The molecule has 31 heavy (non-hydrogen) atoms. The van der Waals surface area contributed by atoms with E-state index in [1.54, 1.807) is 29.3 Å². The maximum atomic E-state index is 13.4. The number of carboxylic acid groups (broad SMARTS) is 1. The Kier molecular flexibility index (Phi) is 4.54. The average Bonchev–Trinajstić information content (AvgIpc) is 3.31. The SMILES string of the molecule is O=C(O)CN1C(=O)C2(CCN(C(=O)c3cnc4[nH]ncc4c3)CC2)c2c(Br)cccc21. The number of aliphatic carboxylic acids is 1. The molecule has 3 aromatic rings. The number of halogens is 1. The number of hydrogen-bond acceptors (Lipinski definition) is 5. The predicted octanol–water partition coefficient (Wildman–Crippen LogP) is 2.33. The van der Waals surface area contributed by atoms with E-state index in [9.17, 15) is 19.5 Å². The molecule has 0 unspecified atom stereocenters. The Morgan fingerprint density at radius 2 is 2.00 bits per heavy atom. The number of nitrogens with zero attached hydrogens (tertiary/aromatic N) is 4. The Labute approximate surface area is 185 Å². The van der Waals surface area contributed by atoms with Crippen LogP contribution in [0.4, 0.5) is 5.69 Å². The monoisotopic (exact) mass is 483 g/mol. The van der Waals surface area contributed by atoms with Crippen molar-refractivity contribution in [3.63, 3.8) is 0 Å². The predicted molar refractivity (Wildman–Crippen MR) is 115 cm³/mol. The first-order valence-electron chi connectivity index (χ1n) is 9.82. The lowest BCUT2D eigenvalue weighted by atomic mass is 9.73. The molecule has 1 spiro atoms. The van der Waals surface area contributed by atoms with Crippen molar-refractivity contribution >= 4 is 50.4 Å². The molecule has 2 aliphatic rings. The largest absolute Gasteiger partial charge is 0.480 e. The Morgan fingerprint density at radius 1 is 1.23 bits per heavy atom. The molecule has 2 N–H and O–H groups in total. The fourth-order valence-corrected chi connectivity index (χ4v) is 5.41. The number of likely N-dealkylation sites (tertiary alicyclic amines) is 1. The molecule has 0 saturated carbocycles. The molecule has 2 amide bonds. The van der Waals surface area contributed by atoms with Gasteiger partial charge in [0.05, 0.1) is 17.2 Å². The van der Waals surface area contributed by atoms with Gasteiger partial charge in [-0.25, -0.2) is 4.98 Å². The molecule has 1 aromatic carbocycles. The second-order valence-corrected chi connectivity index (χ2v) is 8.68. The van der Waals surface area contributed by atoms with Crippen molar-refractivity contribution in [2.75, 3.05) is 24.5 Å². The zero-order chi connectivity index (χ0) is 21.8. The Bertz CT molecular complexity index is 1230. The van der Waals surface area contributed by atoms with Crippen LogP contribution in [-0.4, -0.2) is 62.6 Å². The summed E-state index contributed by atoms with van der Waals surface area (Å²) in [7, 11) is 0. The van der Waals surface area contributed by atoms with Crippen LogP contribution in [-0.2, 0) is 15.0 Å². The Balaban J connectivity index is 1.43. The fraction of sp³-hybridized carbons (Fsp3) is 0.286. The van der Waals surface area contributed by atoms with Crippen LogP contribution in [0.2, 0.25) is 0 Å². The number of carbonyl (C=O) groups is 3. The summed E-state index contributed by atoms with van der Waals surface area (Å²) in [6.45, 7) is 0.383. The molecule has 0 aliphatic carbocycles. The number of carboxylic acids is 1. The van der Waals surface area contributed by atoms with Gasteiger partial charge in [0.15, 0.2) is 5.65 Å². The first kappa shape index (κ1) is 19.7. The smallest absolute Gasteiger partial charge is 0.323 e. The lowest BCUT2D eigenvalue weighted by Crippen LogP contribution is -2.50. The van der Waals surface area contributed by atoms with E-state index in [1.165, 1.54) is 11.1 Å². The van der Waals surface area contributed by atoms with Gasteiger partial charge in [-0.3, -0.25) is 19.5 Å². The van der Waals surface area contributed by atoms with Crippen LogP contribution in [0.1, 0.15) is 28.8 Å². The molecule has 10 heteroatoms. The van der Waals surface area contributed by atoms with Gasteiger partial charge >= 0.3 is 5.97 Å². The number of amides is 2. The summed E-state index contributed by atoms with van der Waals surface area (Å²) in [6, 6.07) is 7.18. The van der Waals surface area contributed by atoms with Gasteiger partial charge in [-0.05, 0) is 31.0 Å². The second-order valence-electron chi connectivity index (χ2n) is 7.83. The molecular weight excluding hydrogens is 466 g/mol. The van der Waals surface area contributed by atoms with E-state index in [2.05, 4.69) is 31.1 Å². The van der Waals surface area contributed by atoms with Gasteiger partial charge < -0.3 is 14.9 Å². The summed E-state index contributed by atoms with van der Waals surface area (Å²) in [5.74, 6) is -1.43. The van der Waals surface area contributed by atoms with E-state index in [1.807, 2.05) is 6.07 Å². The summed E-state index contributed by atoms with van der Waals surface area (Å²) in [5, 5.41) is 16.7. The quantitative estimate of drug-likeness (QED) is 0.589. The highest BCUT2D eigenvalue weighted by Crippen LogP contribution is 2.50. The third kappa shape index (κ3) is 3.01. The van der Waals surface area contributed by atoms with Crippen LogP contribution < -0.4 is 4.90 Å². The standard InChI is InChI=1S/C21H18BrN5O4/c22-14-2-1-3-15-17(14)21(20(31)27(15)11-16(28)29)4-6-26(7-5-21)19(30)13-8-12-10-24-25-18(12)23-9-13/h1-3,8-10H,4-7,11H2,(H,28,29)(H,23,24,25). The minimum absolute atomic E-state index is 0.148. The number of anilines is 1. The van der Waals surface area contributed by atoms with Crippen LogP contribution in [0, 0.1) is 0 Å². The first-order valence-corrected chi connectivity index (χ1v) is 10.6. The van der Waals surface area contributed by atoms with Crippen LogP contribution in [0.5, 0.6) is 0 Å². The normalized spacial score (nSPS) is 17.4. The number of pyridine rings is 1. The molecule has 2 aromatic heterocycles. The molecule has 1 saturated heterocycles. The number of benzene rings is 1. The van der Waals surface area contributed by atoms with Crippen LogP contribution >= 0.6 is 15.9 Å². The van der Waals surface area contributed by atoms with Gasteiger partial charge in [-0.2, -0.15) is 5.10 Å². The number of H-pyrrole nitrogens is 1. The highest BCUT2D eigenvalue weighted by atomic mass is 79.9. The zero-order valence-electron chi connectivity index (χ0n) is 16.3. The summed E-state index contributed by atoms with van der Waals surface area (Å²) in [6.07, 6.45) is 3.98. The van der Waals surface area contributed by atoms with Crippen LogP contribution in [0.15, 0.2) is 41.1 Å². The molecular formula is C21H18BrN5O4. The van der Waals surface area contributed by atoms with E-state index >= 15 is 0 Å². The number of nitrogens with one attached hydrogen (secondary N) is 1. The number of carbonyl (C=O) groups excluding carboxylic acids is 2. The van der Waals surface area contributed by atoms with Gasteiger partial charge in [0.1, 0.15) is 6.54 Å². The third-order valence-electron chi connectivity index (χ3n) is 6.15. The van der Waals surface area contributed by atoms with E-state index in [-0.39, 0.29) is 18.4 Å². The molecule has 0 atom stereocenters. The summed E-state index contributed by atoms with van der Waals surface area (Å²) in [4.78, 5) is 45.1. The average molecular weight is 484 g/mol.